The smallest absolute Gasteiger partial charge is 0.257 e. The number of carbonyl (C=O) groups excluding carboxylic acids is 2. The molecule has 2 amide bonds. The second-order valence-electron chi connectivity index (χ2n) is 7.50. The van der Waals surface area contributed by atoms with Crippen LogP contribution in [0.5, 0.6) is 0 Å². The van der Waals surface area contributed by atoms with Crippen LogP contribution in [0.3, 0.4) is 0 Å². The van der Waals surface area contributed by atoms with Crippen molar-refractivity contribution in [1.29, 1.82) is 0 Å². The van der Waals surface area contributed by atoms with E-state index in [1.807, 2.05) is 29.2 Å². The number of hydrogen-bond donors (Lipinski definition) is 1. The van der Waals surface area contributed by atoms with Crippen LogP contribution >= 0.6 is 11.6 Å². The van der Waals surface area contributed by atoms with Crippen LogP contribution < -0.4 is 5.32 Å². The molecule has 2 aliphatic rings. The molecule has 1 N–H and O–H groups in total. The molecule has 0 radical (unpaired) electrons. The molecule has 1 saturated carbocycles. The molecule has 2 fully saturated rings. The number of nitrogens with one attached hydrogen (secondary N) is 1. The van der Waals surface area contributed by atoms with Gasteiger partial charge in [-0.25, -0.2) is 0 Å². The number of likely N-dealkylation sites (tertiary alicyclic amines) is 1. The summed E-state index contributed by atoms with van der Waals surface area (Å²) in [6.07, 6.45) is 7.28. The molecule has 2 aromatic rings. The van der Waals surface area contributed by atoms with Crippen LogP contribution in [-0.4, -0.2) is 35.8 Å². The van der Waals surface area contributed by atoms with Gasteiger partial charge >= 0.3 is 0 Å². The molecule has 0 atom stereocenters. The Labute approximate surface area is 163 Å². The lowest BCUT2D eigenvalue weighted by atomic mass is 9.63. The minimum atomic E-state index is -0.450. The SMILES string of the molecule is O=C(c1ccoc1)N1CCC(NC(=O)C2(c3cccc(Cl)c3)CCC2)CC1. The van der Waals surface area contributed by atoms with Crippen molar-refractivity contribution < 1.29 is 14.0 Å². The first-order valence-corrected chi connectivity index (χ1v) is 9.85. The van der Waals surface area contributed by atoms with E-state index in [-0.39, 0.29) is 17.9 Å². The number of hydrogen-bond acceptors (Lipinski definition) is 3. The Morgan fingerprint density at radius 2 is 1.96 bits per heavy atom. The Balaban J connectivity index is 1.37. The van der Waals surface area contributed by atoms with Crippen LogP contribution in [0.25, 0.3) is 0 Å². The summed E-state index contributed by atoms with van der Waals surface area (Å²) in [7, 11) is 0. The standard InChI is InChI=1S/C21H23ClN2O3/c22-17-4-1-3-16(13-17)21(8-2-9-21)20(26)23-18-5-10-24(11-6-18)19(25)15-7-12-27-14-15/h1,3-4,7,12-14,18H,2,5-6,8-11H2,(H,23,26). The number of carbonyl (C=O) groups is 2. The van der Waals surface area contributed by atoms with Gasteiger partial charge in [0, 0.05) is 24.2 Å². The molecule has 4 rings (SSSR count). The van der Waals surface area contributed by atoms with E-state index in [0.717, 1.165) is 37.7 Å². The Morgan fingerprint density at radius 1 is 1.19 bits per heavy atom. The van der Waals surface area contributed by atoms with Gasteiger partial charge in [0.15, 0.2) is 0 Å². The highest BCUT2D eigenvalue weighted by atomic mass is 35.5. The van der Waals surface area contributed by atoms with Crippen molar-refractivity contribution in [3.8, 4) is 0 Å². The van der Waals surface area contributed by atoms with Crippen LogP contribution in [-0.2, 0) is 10.2 Å². The van der Waals surface area contributed by atoms with Crippen molar-refractivity contribution in [2.45, 2.75) is 43.6 Å². The number of furan rings is 1. The first-order chi connectivity index (χ1) is 13.1. The summed E-state index contributed by atoms with van der Waals surface area (Å²) in [4.78, 5) is 27.3. The minimum absolute atomic E-state index is 0.0112. The van der Waals surface area contributed by atoms with Crippen molar-refractivity contribution in [1.82, 2.24) is 10.2 Å². The number of amides is 2. The summed E-state index contributed by atoms with van der Waals surface area (Å²) in [6, 6.07) is 9.43. The quantitative estimate of drug-likeness (QED) is 0.869. The van der Waals surface area contributed by atoms with Gasteiger partial charge in [0.25, 0.3) is 5.91 Å². The molecule has 142 valence electrons. The molecule has 0 spiro atoms. The van der Waals surface area contributed by atoms with Crippen molar-refractivity contribution >= 4 is 23.4 Å². The van der Waals surface area contributed by atoms with Crippen molar-refractivity contribution in [2.75, 3.05) is 13.1 Å². The Kier molecular flexibility index (Phi) is 4.96. The van der Waals surface area contributed by atoms with Gasteiger partial charge in [0.05, 0.1) is 17.2 Å². The molecular weight excluding hydrogens is 364 g/mol. The minimum Gasteiger partial charge on any atom is -0.472 e. The molecule has 1 aliphatic carbocycles. The van der Waals surface area contributed by atoms with E-state index >= 15 is 0 Å². The second kappa shape index (κ2) is 7.39. The molecule has 6 heteroatoms. The molecule has 2 heterocycles. The fourth-order valence-electron chi connectivity index (χ4n) is 4.08. The number of halogens is 1. The van der Waals surface area contributed by atoms with Gasteiger partial charge in [-0.3, -0.25) is 9.59 Å². The zero-order valence-electron chi connectivity index (χ0n) is 15.1. The highest BCUT2D eigenvalue weighted by Crippen LogP contribution is 2.44. The highest BCUT2D eigenvalue weighted by molar-refractivity contribution is 6.30. The number of benzene rings is 1. The topological polar surface area (TPSA) is 62.6 Å². The monoisotopic (exact) mass is 386 g/mol. The molecular formula is C21H23ClN2O3. The van der Waals surface area contributed by atoms with E-state index in [1.165, 1.54) is 12.5 Å². The van der Waals surface area contributed by atoms with E-state index in [0.29, 0.717) is 23.7 Å². The zero-order chi connectivity index (χ0) is 18.9. The molecule has 5 nitrogen and oxygen atoms in total. The van der Waals surface area contributed by atoms with Gasteiger partial charge in [-0.15, -0.1) is 0 Å². The molecule has 1 aliphatic heterocycles. The van der Waals surface area contributed by atoms with Gasteiger partial charge in [0.1, 0.15) is 6.26 Å². The summed E-state index contributed by atoms with van der Waals surface area (Å²) < 4.78 is 4.99. The lowest BCUT2D eigenvalue weighted by Gasteiger charge is -2.42. The third-order valence-electron chi connectivity index (χ3n) is 5.90. The van der Waals surface area contributed by atoms with E-state index in [1.54, 1.807) is 6.07 Å². The summed E-state index contributed by atoms with van der Waals surface area (Å²) in [6.45, 7) is 1.28. The number of nitrogens with zero attached hydrogens (tertiary/aromatic N) is 1. The average Bonchev–Trinajstić information content (AvgIpc) is 3.15. The van der Waals surface area contributed by atoms with Gasteiger partial charge in [-0.05, 0) is 49.4 Å². The predicted molar refractivity (Wildman–Crippen MR) is 103 cm³/mol. The van der Waals surface area contributed by atoms with Crippen molar-refractivity contribution in [3.63, 3.8) is 0 Å². The van der Waals surface area contributed by atoms with Crippen molar-refractivity contribution in [2.24, 2.45) is 0 Å². The lowest BCUT2D eigenvalue weighted by molar-refractivity contribution is -0.131. The maximum atomic E-state index is 13.1. The molecule has 1 aromatic carbocycles. The lowest BCUT2D eigenvalue weighted by Crippen LogP contribution is -2.54. The molecule has 0 bridgehead atoms. The molecule has 0 unspecified atom stereocenters. The van der Waals surface area contributed by atoms with E-state index in [4.69, 9.17) is 16.0 Å². The van der Waals surface area contributed by atoms with Crippen LogP contribution in [0.2, 0.25) is 5.02 Å². The maximum Gasteiger partial charge on any atom is 0.257 e. The normalized spacial score (nSPS) is 19.4. The highest BCUT2D eigenvalue weighted by Gasteiger charge is 2.46. The largest absolute Gasteiger partial charge is 0.472 e. The third-order valence-corrected chi connectivity index (χ3v) is 6.14. The summed E-state index contributed by atoms with van der Waals surface area (Å²) in [5, 5.41) is 3.90. The zero-order valence-corrected chi connectivity index (χ0v) is 15.9. The fraction of sp³-hybridized carbons (Fsp3) is 0.429. The second-order valence-corrected chi connectivity index (χ2v) is 7.93. The number of rotatable bonds is 4. The van der Waals surface area contributed by atoms with Crippen LogP contribution in [0.4, 0.5) is 0 Å². The summed E-state index contributed by atoms with van der Waals surface area (Å²) in [5.74, 6) is 0.0820. The Bertz CT molecular complexity index is 822. The Hall–Kier alpha value is -2.27. The third kappa shape index (κ3) is 3.48. The van der Waals surface area contributed by atoms with Crippen molar-refractivity contribution in [3.05, 3.63) is 59.0 Å². The molecule has 1 aromatic heterocycles. The van der Waals surface area contributed by atoms with Crippen LogP contribution in [0.1, 0.15) is 48.0 Å². The summed E-state index contributed by atoms with van der Waals surface area (Å²) >= 11 is 6.14. The summed E-state index contributed by atoms with van der Waals surface area (Å²) in [5.41, 5.74) is 1.13. The maximum absolute atomic E-state index is 13.1. The van der Waals surface area contributed by atoms with Gasteiger partial charge in [-0.1, -0.05) is 30.2 Å². The Morgan fingerprint density at radius 3 is 2.56 bits per heavy atom. The van der Waals surface area contributed by atoms with Gasteiger partial charge in [0.2, 0.25) is 5.91 Å². The number of piperidine rings is 1. The van der Waals surface area contributed by atoms with E-state index in [2.05, 4.69) is 5.32 Å². The van der Waals surface area contributed by atoms with Crippen LogP contribution in [0.15, 0.2) is 47.3 Å². The van der Waals surface area contributed by atoms with E-state index < -0.39 is 5.41 Å². The first kappa shape index (κ1) is 18.1. The fourth-order valence-corrected chi connectivity index (χ4v) is 4.27. The molecule has 27 heavy (non-hydrogen) atoms. The average molecular weight is 387 g/mol. The molecule has 1 saturated heterocycles. The van der Waals surface area contributed by atoms with Gasteiger partial charge < -0.3 is 14.6 Å². The predicted octanol–water partition coefficient (Wildman–Crippen LogP) is 3.78. The first-order valence-electron chi connectivity index (χ1n) is 9.47. The van der Waals surface area contributed by atoms with Crippen LogP contribution in [0, 0.1) is 0 Å². The van der Waals surface area contributed by atoms with E-state index in [9.17, 15) is 9.59 Å². The van der Waals surface area contributed by atoms with Gasteiger partial charge in [-0.2, -0.15) is 0 Å².